The average Bonchev–Trinajstić information content (AvgIpc) is 3.39. The summed E-state index contributed by atoms with van der Waals surface area (Å²) in [7, 11) is 1.63. The molecule has 1 N–H and O–H groups in total. The molecular weight excluding hydrogens is 395 g/mol. The quantitative estimate of drug-likeness (QED) is 0.448. The Kier molecular flexibility index (Phi) is 4.59. The summed E-state index contributed by atoms with van der Waals surface area (Å²) in [5, 5.41) is 7.82. The number of hydrogen-bond acceptors (Lipinski definition) is 5. The molecule has 2 aromatic carbocycles. The molecule has 0 atom stereocenters. The SMILES string of the molecule is COc1cc(Nc2nc3cccc(-c4ccc(F)cc4)n3n2)ccc1-n1cnc(C)c1. The van der Waals surface area contributed by atoms with E-state index in [0.29, 0.717) is 17.3 Å². The van der Waals surface area contributed by atoms with Crippen molar-refractivity contribution >= 4 is 17.3 Å². The molecule has 154 valence electrons. The zero-order chi connectivity index (χ0) is 21.4. The van der Waals surface area contributed by atoms with E-state index in [4.69, 9.17) is 4.74 Å². The number of ether oxygens (including phenoxy) is 1. The van der Waals surface area contributed by atoms with Crippen molar-refractivity contribution in [2.45, 2.75) is 6.92 Å². The maximum atomic E-state index is 13.3. The van der Waals surface area contributed by atoms with Gasteiger partial charge in [0.2, 0.25) is 5.95 Å². The lowest BCUT2D eigenvalue weighted by Crippen LogP contribution is -1.99. The zero-order valence-corrected chi connectivity index (χ0v) is 17.0. The molecule has 0 saturated heterocycles. The summed E-state index contributed by atoms with van der Waals surface area (Å²) < 4.78 is 22.5. The minimum atomic E-state index is -0.278. The van der Waals surface area contributed by atoms with Crippen LogP contribution in [0.3, 0.4) is 0 Å². The van der Waals surface area contributed by atoms with E-state index in [2.05, 4.69) is 20.4 Å². The number of methoxy groups -OCH3 is 1. The van der Waals surface area contributed by atoms with Crippen LogP contribution >= 0.6 is 0 Å². The highest BCUT2D eigenvalue weighted by Crippen LogP contribution is 2.28. The first-order chi connectivity index (χ1) is 15.1. The number of benzene rings is 2. The number of imidazole rings is 1. The highest BCUT2D eigenvalue weighted by molar-refractivity contribution is 5.66. The maximum Gasteiger partial charge on any atom is 0.247 e. The van der Waals surface area contributed by atoms with Crippen LogP contribution in [0.4, 0.5) is 16.0 Å². The number of halogens is 1. The van der Waals surface area contributed by atoms with Gasteiger partial charge >= 0.3 is 0 Å². The van der Waals surface area contributed by atoms with Crippen molar-refractivity contribution in [1.29, 1.82) is 0 Å². The predicted molar refractivity (Wildman–Crippen MR) is 117 cm³/mol. The molecule has 3 aromatic heterocycles. The normalized spacial score (nSPS) is 11.1. The number of rotatable bonds is 5. The Morgan fingerprint density at radius 3 is 2.61 bits per heavy atom. The lowest BCUT2D eigenvalue weighted by Gasteiger charge is -2.11. The number of fused-ring (bicyclic) bond motifs is 1. The van der Waals surface area contributed by atoms with Crippen LogP contribution in [0.1, 0.15) is 5.69 Å². The predicted octanol–water partition coefficient (Wildman–Crippen LogP) is 4.78. The van der Waals surface area contributed by atoms with Crippen LogP contribution < -0.4 is 10.1 Å². The number of aromatic nitrogens is 5. The number of hydrogen-bond donors (Lipinski definition) is 1. The van der Waals surface area contributed by atoms with Crippen LogP contribution in [0.2, 0.25) is 0 Å². The molecule has 0 radical (unpaired) electrons. The largest absolute Gasteiger partial charge is 0.494 e. The third-order valence-electron chi connectivity index (χ3n) is 4.93. The van der Waals surface area contributed by atoms with E-state index in [0.717, 1.165) is 28.3 Å². The van der Waals surface area contributed by atoms with Gasteiger partial charge in [-0.15, -0.1) is 5.10 Å². The van der Waals surface area contributed by atoms with E-state index in [1.165, 1.54) is 12.1 Å². The second kappa shape index (κ2) is 7.56. The number of nitrogens with one attached hydrogen (secondary N) is 1. The molecule has 0 spiro atoms. The van der Waals surface area contributed by atoms with Gasteiger partial charge in [-0.05, 0) is 55.5 Å². The van der Waals surface area contributed by atoms with Gasteiger partial charge in [0, 0.05) is 23.5 Å². The summed E-state index contributed by atoms with van der Waals surface area (Å²) in [4.78, 5) is 8.83. The summed E-state index contributed by atoms with van der Waals surface area (Å²) in [6.07, 6.45) is 3.69. The fraction of sp³-hybridized carbons (Fsp3) is 0.0870. The number of pyridine rings is 1. The summed E-state index contributed by atoms with van der Waals surface area (Å²) in [6, 6.07) is 17.8. The van der Waals surface area contributed by atoms with Gasteiger partial charge in [0.25, 0.3) is 0 Å². The highest BCUT2D eigenvalue weighted by Gasteiger charge is 2.11. The Hall–Kier alpha value is -4.20. The monoisotopic (exact) mass is 414 g/mol. The number of aryl methyl sites for hydroxylation is 1. The molecule has 0 aliphatic rings. The highest BCUT2D eigenvalue weighted by atomic mass is 19.1. The third kappa shape index (κ3) is 3.59. The average molecular weight is 414 g/mol. The standard InChI is InChI=1S/C23H19FN6O/c1-15-13-29(14-25-15)20-11-10-18(12-21(20)31-2)26-23-27-22-5-3-4-19(30(22)28-23)16-6-8-17(24)9-7-16/h3-14H,1-2H3,(H,26,28). The molecular formula is C23H19FN6O. The van der Waals surface area contributed by atoms with Crippen molar-refractivity contribution in [3.05, 3.63) is 84.7 Å². The smallest absolute Gasteiger partial charge is 0.247 e. The van der Waals surface area contributed by atoms with E-state index >= 15 is 0 Å². The molecule has 0 amide bonds. The minimum Gasteiger partial charge on any atom is -0.494 e. The number of anilines is 2. The lowest BCUT2D eigenvalue weighted by atomic mass is 10.1. The van der Waals surface area contributed by atoms with Crippen molar-refractivity contribution in [2.75, 3.05) is 12.4 Å². The van der Waals surface area contributed by atoms with Gasteiger partial charge in [0.1, 0.15) is 11.6 Å². The first-order valence-corrected chi connectivity index (χ1v) is 9.68. The van der Waals surface area contributed by atoms with Crippen LogP contribution in [0.5, 0.6) is 5.75 Å². The Morgan fingerprint density at radius 1 is 1.03 bits per heavy atom. The van der Waals surface area contributed by atoms with Crippen LogP contribution in [0, 0.1) is 12.7 Å². The summed E-state index contributed by atoms with van der Waals surface area (Å²) >= 11 is 0. The minimum absolute atomic E-state index is 0.278. The van der Waals surface area contributed by atoms with E-state index in [1.807, 2.05) is 54.1 Å². The van der Waals surface area contributed by atoms with E-state index < -0.39 is 0 Å². The van der Waals surface area contributed by atoms with Crippen molar-refractivity contribution < 1.29 is 9.13 Å². The van der Waals surface area contributed by atoms with Crippen molar-refractivity contribution in [1.82, 2.24) is 24.1 Å². The van der Waals surface area contributed by atoms with Gasteiger partial charge in [0.05, 0.1) is 30.5 Å². The lowest BCUT2D eigenvalue weighted by molar-refractivity contribution is 0.413. The maximum absolute atomic E-state index is 13.3. The Bertz CT molecular complexity index is 1370. The number of nitrogens with zero attached hydrogens (tertiary/aromatic N) is 5. The molecule has 0 aliphatic heterocycles. The Morgan fingerprint density at radius 2 is 1.87 bits per heavy atom. The molecule has 0 bridgehead atoms. The molecule has 7 nitrogen and oxygen atoms in total. The second-order valence-electron chi connectivity index (χ2n) is 7.06. The molecule has 31 heavy (non-hydrogen) atoms. The van der Waals surface area contributed by atoms with Gasteiger partial charge in [-0.25, -0.2) is 13.9 Å². The van der Waals surface area contributed by atoms with E-state index in [9.17, 15) is 4.39 Å². The zero-order valence-electron chi connectivity index (χ0n) is 17.0. The van der Waals surface area contributed by atoms with Gasteiger partial charge in [-0.3, -0.25) is 0 Å². The van der Waals surface area contributed by atoms with E-state index in [1.54, 1.807) is 30.1 Å². The van der Waals surface area contributed by atoms with Gasteiger partial charge in [-0.2, -0.15) is 4.98 Å². The van der Waals surface area contributed by atoms with Crippen LogP contribution in [0.25, 0.3) is 22.6 Å². The molecule has 0 unspecified atom stereocenters. The molecule has 0 aliphatic carbocycles. The molecule has 0 fully saturated rings. The first kappa shape index (κ1) is 18.8. The second-order valence-corrected chi connectivity index (χ2v) is 7.06. The van der Waals surface area contributed by atoms with Crippen LogP contribution in [-0.4, -0.2) is 31.3 Å². The summed E-state index contributed by atoms with van der Waals surface area (Å²) in [5.41, 5.74) is 4.95. The van der Waals surface area contributed by atoms with Crippen molar-refractivity contribution in [2.24, 2.45) is 0 Å². The van der Waals surface area contributed by atoms with Gasteiger partial charge in [-0.1, -0.05) is 6.07 Å². The molecule has 5 aromatic rings. The van der Waals surface area contributed by atoms with Crippen molar-refractivity contribution in [3.63, 3.8) is 0 Å². The van der Waals surface area contributed by atoms with Crippen molar-refractivity contribution in [3.8, 4) is 22.7 Å². The third-order valence-corrected chi connectivity index (χ3v) is 4.93. The molecule has 8 heteroatoms. The van der Waals surface area contributed by atoms with Crippen LogP contribution in [-0.2, 0) is 0 Å². The Labute approximate surface area is 177 Å². The summed E-state index contributed by atoms with van der Waals surface area (Å²) in [5.74, 6) is 0.862. The topological polar surface area (TPSA) is 69.3 Å². The first-order valence-electron chi connectivity index (χ1n) is 9.68. The summed E-state index contributed by atoms with van der Waals surface area (Å²) in [6.45, 7) is 1.94. The Balaban J connectivity index is 1.48. The van der Waals surface area contributed by atoms with Gasteiger partial charge in [0.15, 0.2) is 5.65 Å². The van der Waals surface area contributed by atoms with Crippen LogP contribution in [0.15, 0.2) is 73.2 Å². The fourth-order valence-electron chi connectivity index (χ4n) is 3.45. The van der Waals surface area contributed by atoms with E-state index in [-0.39, 0.29) is 5.82 Å². The fourth-order valence-corrected chi connectivity index (χ4v) is 3.45. The molecule has 5 rings (SSSR count). The molecule has 0 saturated carbocycles. The van der Waals surface area contributed by atoms with Gasteiger partial charge < -0.3 is 14.6 Å². The molecule has 3 heterocycles.